The van der Waals surface area contributed by atoms with Gasteiger partial charge in [0.2, 0.25) is 0 Å². The molecule has 2 aromatic heterocycles. The molecule has 0 saturated carbocycles. The Labute approximate surface area is 527 Å². The Morgan fingerprint density at radius 1 is 0.258 bits per heavy atom. The Balaban J connectivity index is 0.000000149. The van der Waals surface area contributed by atoms with Crippen LogP contribution in [0.3, 0.4) is 0 Å². The van der Waals surface area contributed by atoms with Gasteiger partial charge in [-0.15, -0.1) is 23.5 Å². The van der Waals surface area contributed by atoms with E-state index >= 15 is 0 Å². The third-order valence-electron chi connectivity index (χ3n) is 17.9. The molecule has 0 aliphatic carbocycles. The summed E-state index contributed by atoms with van der Waals surface area (Å²) in [4.78, 5) is 2.57. The maximum absolute atomic E-state index is 5.58. The van der Waals surface area contributed by atoms with E-state index in [9.17, 15) is 0 Å². The van der Waals surface area contributed by atoms with Crippen molar-refractivity contribution in [1.82, 2.24) is 9.13 Å². The summed E-state index contributed by atoms with van der Waals surface area (Å²) < 4.78 is 15.9. The second-order valence-corrected chi connectivity index (χ2v) is 25.0. The van der Waals surface area contributed by atoms with Crippen molar-refractivity contribution in [2.24, 2.45) is 0 Å². The van der Waals surface area contributed by atoms with E-state index < -0.39 is 0 Å². The van der Waals surface area contributed by atoms with E-state index in [0.717, 1.165) is 39.0 Å². The zero-order valence-corrected chi connectivity index (χ0v) is 52.5. The Kier molecular flexibility index (Phi) is 14.3. The van der Waals surface area contributed by atoms with Gasteiger partial charge in [0.05, 0.1) is 36.3 Å². The maximum atomic E-state index is 5.58. The molecule has 0 unspecified atom stereocenters. The smallest absolute Gasteiger partial charge is 0.119 e. The molecule has 0 atom stereocenters. The summed E-state index contributed by atoms with van der Waals surface area (Å²) in [6, 6.07) is 95.7. The predicted molar refractivity (Wildman–Crippen MR) is 384 cm³/mol. The van der Waals surface area contributed by atoms with Crippen LogP contribution in [0, 0.1) is 20.8 Å². The first-order valence-corrected chi connectivity index (χ1v) is 32.7. The highest BCUT2D eigenvalue weighted by molar-refractivity contribution is 7.98. The molecule has 4 nitrogen and oxygen atoms in total. The molecule has 0 fully saturated rings. The molecule has 14 aromatic carbocycles. The Morgan fingerprint density at radius 3 is 0.865 bits per heavy atom. The normalized spacial score (nSPS) is 11.6. The quantitative estimate of drug-likeness (QED) is 0.101. The molecule has 0 N–H and O–H groups in total. The van der Waals surface area contributed by atoms with Gasteiger partial charge in [-0.3, -0.25) is 0 Å². The van der Waals surface area contributed by atoms with E-state index in [2.05, 4.69) is 291 Å². The first-order valence-electron chi connectivity index (χ1n) is 30.2. The fourth-order valence-corrected chi connectivity index (χ4v) is 14.8. The van der Waals surface area contributed by atoms with Crippen molar-refractivity contribution in [1.29, 1.82) is 0 Å². The molecule has 0 spiro atoms. The molecular weight excluding hydrogens is 1120 g/mol. The van der Waals surface area contributed by atoms with Gasteiger partial charge in [0.1, 0.15) is 11.5 Å². The summed E-state index contributed by atoms with van der Waals surface area (Å²) in [5, 5.41) is 15.0. The van der Waals surface area contributed by atoms with Crippen LogP contribution in [0.2, 0.25) is 0 Å². The van der Waals surface area contributed by atoms with Crippen LogP contribution in [-0.4, -0.2) is 35.9 Å². The average Bonchev–Trinajstić information content (AvgIpc) is 1.10. The van der Waals surface area contributed by atoms with Crippen LogP contribution in [0.5, 0.6) is 11.5 Å². The Morgan fingerprint density at radius 2 is 0.551 bits per heavy atom. The number of aromatic nitrogens is 2. The number of methoxy groups -OCH3 is 2. The number of rotatable bonds is 10. The van der Waals surface area contributed by atoms with E-state index in [0.29, 0.717) is 0 Å². The van der Waals surface area contributed by atoms with Gasteiger partial charge in [-0.05, 0) is 218 Å². The maximum Gasteiger partial charge on any atom is 0.119 e. The SMILES string of the molecule is COc1ccc2c(c1)c1cc(OC)ccc1n2-c1ccc(-c2c3ccccc3c(-c3ccc(C)cc3)c3ccccc23)cc1.CSc1ccc2c(c1)c1cc(SC)ccc1n2-c1ccc(-c2c3ccccc3c(-c3cc(C)cc(C)c3)c3ccccc23)cc1. The van der Waals surface area contributed by atoms with Crippen molar-refractivity contribution in [2.45, 2.75) is 30.6 Å². The second kappa shape index (κ2) is 22.9. The summed E-state index contributed by atoms with van der Waals surface area (Å²) >= 11 is 3.59. The lowest BCUT2D eigenvalue weighted by Gasteiger charge is -2.18. The minimum atomic E-state index is 0.836. The lowest BCUT2D eigenvalue weighted by Crippen LogP contribution is -1.95. The summed E-state index contributed by atoms with van der Waals surface area (Å²) in [5.41, 5.74) is 20.9. The molecule has 16 aromatic rings. The third kappa shape index (κ3) is 9.66. The fourth-order valence-electron chi connectivity index (χ4n) is 13.9. The topological polar surface area (TPSA) is 28.3 Å². The Hall–Kier alpha value is -9.98. The Bertz CT molecular complexity index is 5190. The molecule has 16 rings (SSSR count). The first kappa shape index (κ1) is 55.6. The highest BCUT2D eigenvalue weighted by Crippen LogP contribution is 2.47. The first-order chi connectivity index (χ1) is 43.7. The number of ether oxygens (including phenoxy) is 2. The van der Waals surface area contributed by atoms with Gasteiger partial charge in [0.15, 0.2) is 0 Å². The van der Waals surface area contributed by atoms with Crippen LogP contribution in [0.4, 0.5) is 0 Å². The number of fused-ring (bicyclic) bond motifs is 10. The number of hydrogen-bond acceptors (Lipinski definition) is 4. The van der Waals surface area contributed by atoms with Crippen LogP contribution < -0.4 is 9.47 Å². The summed E-state index contributed by atoms with van der Waals surface area (Å²) in [7, 11) is 3.42. The standard InChI is InChI=1S/C42H33NS2.C41H31NO2/c1-26-21-27(2)23-29(22-26)42-35-11-7-5-9-33(35)41(34-10-6-8-12-36(34)42)28-13-15-30(16-14-28)43-39-19-17-31(44-3)24-37(39)38-25-32(45-4)18-20-40(38)43;1-26-12-14-27(15-13-26)40-32-8-4-6-10-34(32)41(35-11-7-5-9-33(35)40)28-16-18-29(19-17-28)42-38-22-20-30(43-2)24-36(38)37-25-31(44-3)21-23-39(37)42/h5-25H,1-4H3;4-25H,1-3H3. The van der Waals surface area contributed by atoms with Gasteiger partial charge >= 0.3 is 0 Å². The minimum absolute atomic E-state index is 0.836. The van der Waals surface area contributed by atoms with E-state index in [4.69, 9.17) is 9.47 Å². The van der Waals surface area contributed by atoms with Crippen LogP contribution in [0.1, 0.15) is 16.7 Å². The zero-order valence-electron chi connectivity index (χ0n) is 50.9. The van der Waals surface area contributed by atoms with Crippen molar-refractivity contribution < 1.29 is 9.47 Å². The van der Waals surface area contributed by atoms with Gasteiger partial charge in [0, 0.05) is 42.7 Å². The number of thioether (sulfide) groups is 2. The lowest BCUT2D eigenvalue weighted by atomic mass is 9.85. The van der Waals surface area contributed by atoms with E-state index in [1.807, 2.05) is 12.1 Å². The van der Waals surface area contributed by atoms with Crippen molar-refractivity contribution in [3.8, 4) is 67.4 Å². The molecule has 0 amide bonds. The van der Waals surface area contributed by atoms with Crippen molar-refractivity contribution in [3.05, 3.63) is 278 Å². The zero-order chi connectivity index (χ0) is 60.4. The van der Waals surface area contributed by atoms with Crippen molar-refractivity contribution >= 4 is 110 Å². The van der Waals surface area contributed by atoms with E-state index in [-0.39, 0.29) is 0 Å². The van der Waals surface area contributed by atoms with Crippen LogP contribution >= 0.6 is 23.5 Å². The van der Waals surface area contributed by atoms with Gasteiger partial charge in [-0.25, -0.2) is 0 Å². The highest BCUT2D eigenvalue weighted by atomic mass is 32.2. The van der Waals surface area contributed by atoms with Gasteiger partial charge in [-0.1, -0.05) is 180 Å². The number of aryl methyl sites for hydroxylation is 3. The second-order valence-electron chi connectivity index (χ2n) is 23.2. The minimum Gasteiger partial charge on any atom is -0.497 e. The number of nitrogens with zero attached hydrogens (tertiary/aromatic N) is 2. The summed E-state index contributed by atoms with van der Waals surface area (Å²) in [6.45, 7) is 6.52. The van der Waals surface area contributed by atoms with Crippen molar-refractivity contribution in [2.75, 3.05) is 26.7 Å². The van der Waals surface area contributed by atoms with Gasteiger partial charge in [0.25, 0.3) is 0 Å². The summed E-state index contributed by atoms with van der Waals surface area (Å²) in [6.07, 6.45) is 4.29. The lowest BCUT2D eigenvalue weighted by molar-refractivity contribution is 0.415. The van der Waals surface area contributed by atoms with Crippen LogP contribution in [0.15, 0.2) is 271 Å². The molecular formula is C83H64N2O2S2. The molecule has 0 radical (unpaired) electrons. The van der Waals surface area contributed by atoms with Gasteiger partial charge in [-0.2, -0.15) is 0 Å². The fraction of sp³-hybridized carbons (Fsp3) is 0.0843. The number of benzene rings is 14. The molecule has 2 heterocycles. The largest absolute Gasteiger partial charge is 0.497 e. The highest BCUT2D eigenvalue weighted by Gasteiger charge is 2.21. The average molecular weight is 1190 g/mol. The summed E-state index contributed by atoms with van der Waals surface area (Å²) in [5.74, 6) is 1.67. The monoisotopic (exact) mass is 1180 g/mol. The molecule has 0 bridgehead atoms. The number of hydrogen-bond donors (Lipinski definition) is 0. The van der Waals surface area contributed by atoms with E-state index in [1.165, 1.54) is 142 Å². The van der Waals surface area contributed by atoms with Crippen LogP contribution in [-0.2, 0) is 0 Å². The molecule has 430 valence electrons. The van der Waals surface area contributed by atoms with E-state index in [1.54, 1.807) is 37.7 Å². The van der Waals surface area contributed by atoms with Crippen LogP contribution in [0.25, 0.3) is 143 Å². The molecule has 0 saturated heterocycles. The third-order valence-corrected chi connectivity index (χ3v) is 19.4. The van der Waals surface area contributed by atoms with Crippen molar-refractivity contribution in [3.63, 3.8) is 0 Å². The molecule has 6 heteroatoms. The predicted octanol–water partition coefficient (Wildman–Crippen LogP) is 23.2. The molecule has 89 heavy (non-hydrogen) atoms. The molecule has 0 aliphatic heterocycles. The molecule has 0 aliphatic rings. The van der Waals surface area contributed by atoms with Gasteiger partial charge < -0.3 is 18.6 Å².